The number of carbonyl (C=O) groups is 1. The first-order chi connectivity index (χ1) is 9.97. The van der Waals surface area contributed by atoms with E-state index in [1.54, 1.807) is 14.0 Å². The number of nitrogens with two attached hydrogens (primary N) is 1. The zero-order chi connectivity index (χ0) is 15.8. The van der Waals surface area contributed by atoms with Crippen LogP contribution >= 0.6 is 0 Å². The van der Waals surface area contributed by atoms with Crippen molar-refractivity contribution in [3.05, 3.63) is 23.8 Å². The standard InChI is InChI=1S/C16H25NO4/c1-5-20-16(18)13(17)8-12-6-7-14(15(9-12)19-4)21-10-11(2)3/h6-7,9,11,13H,5,8,10,17H2,1-4H3. The molecule has 1 aromatic carbocycles. The third-order valence-electron chi connectivity index (χ3n) is 2.85. The zero-order valence-corrected chi connectivity index (χ0v) is 13.2. The van der Waals surface area contributed by atoms with Crippen LogP contribution in [0.1, 0.15) is 26.3 Å². The number of benzene rings is 1. The first-order valence-electron chi connectivity index (χ1n) is 7.19. The average molecular weight is 295 g/mol. The van der Waals surface area contributed by atoms with Gasteiger partial charge in [-0.1, -0.05) is 19.9 Å². The maximum absolute atomic E-state index is 11.5. The number of rotatable bonds is 8. The van der Waals surface area contributed by atoms with Crippen molar-refractivity contribution < 1.29 is 19.0 Å². The number of hydrogen-bond acceptors (Lipinski definition) is 5. The van der Waals surface area contributed by atoms with E-state index >= 15 is 0 Å². The van der Waals surface area contributed by atoms with E-state index < -0.39 is 12.0 Å². The molecule has 0 bridgehead atoms. The van der Waals surface area contributed by atoms with E-state index in [2.05, 4.69) is 13.8 Å². The van der Waals surface area contributed by atoms with Gasteiger partial charge in [0.25, 0.3) is 0 Å². The lowest BCUT2D eigenvalue weighted by atomic mass is 10.1. The molecule has 5 heteroatoms. The predicted molar refractivity (Wildman–Crippen MR) is 81.6 cm³/mol. The van der Waals surface area contributed by atoms with Gasteiger partial charge in [0.2, 0.25) is 0 Å². The van der Waals surface area contributed by atoms with Gasteiger partial charge in [0.05, 0.1) is 20.3 Å². The topological polar surface area (TPSA) is 70.8 Å². The van der Waals surface area contributed by atoms with Gasteiger partial charge in [0.1, 0.15) is 6.04 Å². The Morgan fingerprint density at radius 2 is 2.00 bits per heavy atom. The van der Waals surface area contributed by atoms with Gasteiger partial charge < -0.3 is 19.9 Å². The summed E-state index contributed by atoms with van der Waals surface area (Å²) in [6.45, 7) is 6.88. The van der Waals surface area contributed by atoms with Crippen LogP contribution in [-0.4, -0.2) is 32.3 Å². The lowest BCUT2D eigenvalue weighted by Gasteiger charge is -2.15. The summed E-state index contributed by atoms with van der Waals surface area (Å²) in [6, 6.07) is 4.90. The quantitative estimate of drug-likeness (QED) is 0.744. The fourth-order valence-corrected chi connectivity index (χ4v) is 1.80. The third-order valence-corrected chi connectivity index (χ3v) is 2.85. The molecule has 0 radical (unpaired) electrons. The summed E-state index contributed by atoms with van der Waals surface area (Å²) in [5.74, 6) is 1.38. The number of methoxy groups -OCH3 is 1. The van der Waals surface area contributed by atoms with Crippen molar-refractivity contribution in [1.29, 1.82) is 0 Å². The van der Waals surface area contributed by atoms with Crippen molar-refractivity contribution in [1.82, 2.24) is 0 Å². The molecule has 0 aliphatic rings. The Bertz CT molecular complexity index is 460. The van der Waals surface area contributed by atoms with E-state index in [-0.39, 0.29) is 0 Å². The van der Waals surface area contributed by atoms with Gasteiger partial charge in [-0.05, 0) is 37.0 Å². The molecule has 0 saturated carbocycles. The molecular formula is C16H25NO4. The molecule has 1 aromatic rings. The SMILES string of the molecule is CCOC(=O)C(N)Cc1ccc(OCC(C)C)c(OC)c1. The molecule has 1 rings (SSSR count). The Hall–Kier alpha value is -1.75. The van der Waals surface area contributed by atoms with Crippen LogP contribution in [0, 0.1) is 5.92 Å². The minimum atomic E-state index is -0.669. The van der Waals surface area contributed by atoms with E-state index in [0.717, 1.165) is 5.56 Å². The van der Waals surface area contributed by atoms with Crippen LogP contribution in [0.4, 0.5) is 0 Å². The number of ether oxygens (including phenoxy) is 3. The molecule has 0 fully saturated rings. The highest BCUT2D eigenvalue weighted by atomic mass is 16.5. The highest BCUT2D eigenvalue weighted by Gasteiger charge is 2.16. The summed E-state index contributed by atoms with van der Waals surface area (Å²) < 4.78 is 15.9. The van der Waals surface area contributed by atoms with Crippen molar-refractivity contribution in [3.8, 4) is 11.5 Å². The number of esters is 1. The average Bonchev–Trinajstić information content (AvgIpc) is 2.45. The Morgan fingerprint density at radius 1 is 1.29 bits per heavy atom. The maximum atomic E-state index is 11.5. The second kappa shape index (κ2) is 8.52. The highest BCUT2D eigenvalue weighted by molar-refractivity contribution is 5.75. The van der Waals surface area contributed by atoms with E-state index in [9.17, 15) is 4.79 Å². The van der Waals surface area contributed by atoms with E-state index in [4.69, 9.17) is 19.9 Å². The largest absolute Gasteiger partial charge is 0.493 e. The third kappa shape index (κ3) is 5.63. The minimum absolute atomic E-state index is 0.331. The molecule has 1 unspecified atom stereocenters. The van der Waals surface area contributed by atoms with Crippen LogP contribution < -0.4 is 15.2 Å². The summed E-state index contributed by atoms with van der Waals surface area (Å²) in [7, 11) is 1.59. The van der Waals surface area contributed by atoms with Crippen LogP contribution in [0.3, 0.4) is 0 Å². The minimum Gasteiger partial charge on any atom is -0.493 e. The molecule has 5 nitrogen and oxygen atoms in total. The maximum Gasteiger partial charge on any atom is 0.323 e. The smallest absolute Gasteiger partial charge is 0.323 e. The fraction of sp³-hybridized carbons (Fsp3) is 0.562. The molecule has 0 aliphatic heterocycles. The van der Waals surface area contributed by atoms with Crippen LogP contribution in [0.2, 0.25) is 0 Å². The highest BCUT2D eigenvalue weighted by Crippen LogP contribution is 2.28. The second-order valence-electron chi connectivity index (χ2n) is 5.25. The van der Waals surface area contributed by atoms with E-state index in [0.29, 0.717) is 37.1 Å². The van der Waals surface area contributed by atoms with Gasteiger partial charge in [-0.3, -0.25) is 4.79 Å². The lowest BCUT2D eigenvalue weighted by molar-refractivity contribution is -0.144. The van der Waals surface area contributed by atoms with Crippen LogP contribution in [0.25, 0.3) is 0 Å². The normalized spacial score (nSPS) is 12.1. The van der Waals surface area contributed by atoms with Crippen LogP contribution in [0.5, 0.6) is 11.5 Å². The van der Waals surface area contributed by atoms with Gasteiger partial charge in [-0.25, -0.2) is 0 Å². The van der Waals surface area contributed by atoms with Gasteiger partial charge >= 0.3 is 5.97 Å². The molecule has 0 amide bonds. The summed E-state index contributed by atoms with van der Waals surface area (Å²) >= 11 is 0. The molecule has 2 N–H and O–H groups in total. The van der Waals surface area contributed by atoms with Crippen LogP contribution in [-0.2, 0) is 16.0 Å². The van der Waals surface area contributed by atoms with E-state index in [1.807, 2.05) is 18.2 Å². The Balaban J connectivity index is 2.75. The number of carbonyl (C=O) groups excluding carboxylic acids is 1. The van der Waals surface area contributed by atoms with Crippen molar-refractivity contribution in [3.63, 3.8) is 0 Å². The predicted octanol–water partition coefficient (Wildman–Crippen LogP) is 2.16. The Morgan fingerprint density at radius 3 is 2.57 bits per heavy atom. The summed E-state index contributed by atoms with van der Waals surface area (Å²) in [4.78, 5) is 11.5. The van der Waals surface area contributed by atoms with E-state index in [1.165, 1.54) is 0 Å². The van der Waals surface area contributed by atoms with Gasteiger partial charge in [0.15, 0.2) is 11.5 Å². The zero-order valence-electron chi connectivity index (χ0n) is 13.2. The van der Waals surface area contributed by atoms with Gasteiger partial charge in [0, 0.05) is 0 Å². The molecule has 0 aromatic heterocycles. The van der Waals surface area contributed by atoms with Crippen molar-refractivity contribution in [2.45, 2.75) is 33.2 Å². The Kier molecular flexibility index (Phi) is 7.02. The summed E-state index contributed by atoms with van der Waals surface area (Å²) in [6.07, 6.45) is 0.402. The molecule has 0 saturated heterocycles. The lowest BCUT2D eigenvalue weighted by Crippen LogP contribution is -2.34. The fourth-order valence-electron chi connectivity index (χ4n) is 1.80. The van der Waals surface area contributed by atoms with Crippen molar-refractivity contribution in [2.24, 2.45) is 11.7 Å². The van der Waals surface area contributed by atoms with Crippen molar-refractivity contribution in [2.75, 3.05) is 20.3 Å². The monoisotopic (exact) mass is 295 g/mol. The first-order valence-corrected chi connectivity index (χ1v) is 7.19. The van der Waals surface area contributed by atoms with Gasteiger partial charge in [-0.2, -0.15) is 0 Å². The van der Waals surface area contributed by atoms with Crippen molar-refractivity contribution >= 4 is 5.97 Å². The molecular weight excluding hydrogens is 270 g/mol. The molecule has 0 aliphatic carbocycles. The molecule has 0 heterocycles. The Labute approximate surface area is 126 Å². The summed E-state index contributed by atoms with van der Waals surface area (Å²) in [5.41, 5.74) is 6.72. The number of hydrogen-bond donors (Lipinski definition) is 1. The second-order valence-corrected chi connectivity index (χ2v) is 5.25. The first kappa shape index (κ1) is 17.3. The molecule has 118 valence electrons. The summed E-state index contributed by atoms with van der Waals surface area (Å²) in [5, 5.41) is 0. The molecule has 21 heavy (non-hydrogen) atoms. The molecule has 1 atom stereocenters. The molecule has 0 spiro atoms. The van der Waals surface area contributed by atoms with Gasteiger partial charge in [-0.15, -0.1) is 0 Å². The van der Waals surface area contributed by atoms with Crippen LogP contribution in [0.15, 0.2) is 18.2 Å².